The maximum atomic E-state index is 6.76. The Morgan fingerprint density at radius 3 is 2.59 bits per heavy atom. The van der Waals surface area contributed by atoms with Crippen LogP contribution in [0.5, 0.6) is 0 Å². The number of hydrogen-bond donors (Lipinski definition) is 1. The SMILES string of the molecule is CN(CC1(N)C2CCOC2C1(C)C)C1CCC1. The second-order valence-electron chi connectivity index (χ2n) is 6.95. The zero-order valence-electron chi connectivity index (χ0n) is 11.4. The van der Waals surface area contributed by atoms with Crippen LogP contribution in [0.3, 0.4) is 0 Å². The third-order valence-electron chi connectivity index (χ3n) is 5.87. The molecule has 2 N–H and O–H groups in total. The fraction of sp³-hybridized carbons (Fsp3) is 1.00. The number of rotatable bonds is 3. The highest BCUT2D eigenvalue weighted by molar-refractivity contribution is 5.21. The predicted molar refractivity (Wildman–Crippen MR) is 68.8 cm³/mol. The van der Waals surface area contributed by atoms with E-state index >= 15 is 0 Å². The van der Waals surface area contributed by atoms with E-state index in [2.05, 4.69) is 25.8 Å². The molecule has 0 aromatic carbocycles. The summed E-state index contributed by atoms with van der Waals surface area (Å²) in [4.78, 5) is 2.50. The Kier molecular flexibility index (Phi) is 2.59. The van der Waals surface area contributed by atoms with Crippen LogP contribution in [-0.4, -0.2) is 42.8 Å². The van der Waals surface area contributed by atoms with Crippen LogP contribution in [0, 0.1) is 11.3 Å². The minimum atomic E-state index is -0.0431. The van der Waals surface area contributed by atoms with Crippen LogP contribution in [0.4, 0.5) is 0 Å². The Morgan fingerprint density at radius 1 is 1.29 bits per heavy atom. The number of fused-ring (bicyclic) bond motifs is 1. The number of nitrogens with two attached hydrogens (primary N) is 1. The van der Waals surface area contributed by atoms with E-state index < -0.39 is 0 Å². The fourth-order valence-electron chi connectivity index (χ4n) is 4.17. The first-order valence-corrected chi connectivity index (χ1v) is 7.07. The standard InChI is InChI=1S/C14H26N2O/c1-13(2)12-11(7-8-17-12)14(13,15)9-16(3)10-5-4-6-10/h10-12H,4-9,15H2,1-3H3. The van der Waals surface area contributed by atoms with E-state index in [1.165, 1.54) is 19.3 Å². The summed E-state index contributed by atoms with van der Waals surface area (Å²) in [5.41, 5.74) is 6.85. The van der Waals surface area contributed by atoms with E-state index in [0.29, 0.717) is 12.0 Å². The topological polar surface area (TPSA) is 38.5 Å². The summed E-state index contributed by atoms with van der Waals surface area (Å²) in [7, 11) is 2.25. The molecule has 3 unspecified atom stereocenters. The maximum Gasteiger partial charge on any atom is 0.0691 e. The molecule has 3 heteroatoms. The van der Waals surface area contributed by atoms with Crippen molar-refractivity contribution in [3.8, 4) is 0 Å². The third-order valence-corrected chi connectivity index (χ3v) is 5.87. The van der Waals surface area contributed by atoms with Crippen LogP contribution in [0.15, 0.2) is 0 Å². The lowest BCUT2D eigenvalue weighted by molar-refractivity contribution is -0.165. The first-order chi connectivity index (χ1) is 7.97. The average Bonchev–Trinajstić information content (AvgIpc) is 2.61. The molecule has 0 spiro atoms. The van der Waals surface area contributed by atoms with Crippen LogP contribution in [-0.2, 0) is 4.74 Å². The molecule has 0 amide bonds. The molecular formula is C14H26N2O. The molecule has 0 aromatic heterocycles. The summed E-state index contributed by atoms with van der Waals surface area (Å²) in [6.45, 7) is 6.52. The third kappa shape index (κ3) is 1.45. The molecule has 3 fully saturated rings. The highest BCUT2D eigenvalue weighted by atomic mass is 16.5. The van der Waals surface area contributed by atoms with E-state index in [0.717, 1.165) is 25.6 Å². The zero-order valence-corrected chi connectivity index (χ0v) is 11.4. The second-order valence-corrected chi connectivity index (χ2v) is 6.95. The van der Waals surface area contributed by atoms with E-state index in [-0.39, 0.29) is 11.0 Å². The van der Waals surface area contributed by atoms with Gasteiger partial charge in [0.25, 0.3) is 0 Å². The van der Waals surface area contributed by atoms with Crippen molar-refractivity contribution < 1.29 is 4.74 Å². The smallest absolute Gasteiger partial charge is 0.0691 e. The highest BCUT2D eigenvalue weighted by Crippen LogP contribution is 2.58. The second kappa shape index (κ2) is 3.69. The summed E-state index contributed by atoms with van der Waals surface area (Å²) in [6, 6.07) is 0.785. The van der Waals surface area contributed by atoms with Crippen LogP contribution >= 0.6 is 0 Å². The van der Waals surface area contributed by atoms with Crippen molar-refractivity contribution in [2.75, 3.05) is 20.2 Å². The lowest BCUT2D eigenvalue weighted by Gasteiger charge is -2.64. The van der Waals surface area contributed by atoms with Gasteiger partial charge in [-0.15, -0.1) is 0 Å². The average molecular weight is 238 g/mol. The molecule has 1 saturated heterocycles. The van der Waals surface area contributed by atoms with Crippen molar-refractivity contribution in [2.24, 2.45) is 17.1 Å². The predicted octanol–water partition coefficient (Wildman–Crippen LogP) is 1.61. The molecule has 3 aliphatic rings. The number of ether oxygens (including phenoxy) is 1. The van der Waals surface area contributed by atoms with Gasteiger partial charge in [-0.05, 0) is 26.3 Å². The van der Waals surface area contributed by atoms with Crippen molar-refractivity contribution in [3.63, 3.8) is 0 Å². The number of nitrogens with zero attached hydrogens (tertiary/aromatic N) is 1. The van der Waals surface area contributed by atoms with Gasteiger partial charge in [0.15, 0.2) is 0 Å². The van der Waals surface area contributed by atoms with Crippen molar-refractivity contribution in [1.29, 1.82) is 0 Å². The maximum absolute atomic E-state index is 6.76. The number of hydrogen-bond acceptors (Lipinski definition) is 3. The molecule has 3 rings (SSSR count). The van der Waals surface area contributed by atoms with E-state index in [1.807, 2.05) is 0 Å². The summed E-state index contributed by atoms with van der Waals surface area (Å²) < 4.78 is 5.85. The van der Waals surface area contributed by atoms with Crippen molar-refractivity contribution in [2.45, 2.75) is 57.2 Å². The van der Waals surface area contributed by atoms with Gasteiger partial charge in [-0.25, -0.2) is 0 Å². The van der Waals surface area contributed by atoms with Crippen LogP contribution in [0.25, 0.3) is 0 Å². The molecule has 98 valence electrons. The molecule has 17 heavy (non-hydrogen) atoms. The first kappa shape index (κ1) is 11.9. The molecule has 1 aliphatic heterocycles. The normalized spacial score (nSPS) is 44.3. The Morgan fingerprint density at radius 2 is 2.00 bits per heavy atom. The van der Waals surface area contributed by atoms with Gasteiger partial charge in [-0.1, -0.05) is 20.3 Å². The largest absolute Gasteiger partial charge is 0.377 e. The Bertz CT molecular complexity index is 313. The van der Waals surface area contributed by atoms with Gasteiger partial charge in [0.1, 0.15) is 0 Å². The first-order valence-electron chi connectivity index (χ1n) is 7.07. The molecule has 3 nitrogen and oxygen atoms in total. The van der Waals surface area contributed by atoms with Crippen LogP contribution in [0.2, 0.25) is 0 Å². The molecule has 2 saturated carbocycles. The molecular weight excluding hydrogens is 212 g/mol. The van der Waals surface area contributed by atoms with Crippen LogP contribution < -0.4 is 5.73 Å². The molecule has 0 radical (unpaired) electrons. The van der Waals surface area contributed by atoms with Gasteiger partial charge < -0.3 is 15.4 Å². The Labute approximate surface area is 105 Å². The summed E-state index contributed by atoms with van der Waals surface area (Å²) >= 11 is 0. The zero-order chi connectivity index (χ0) is 12.3. The summed E-state index contributed by atoms with van der Waals surface area (Å²) in [5.74, 6) is 0.583. The van der Waals surface area contributed by atoms with Gasteiger partial charge in [0.2, 0.25) is 0 Å². The summed E-state index contributed by atoms with van der Waals surface area (Å²) in [6.07, 6.45) is 5.67. The highest BCUT2D eigenvalue weighted by Gasteiger charge is 2.67. The monoisotopic (exact) mass is 238 g/mol. The van der Waals surface area contributed by atoms with E-state index in [4.69, 9.17) is 10.5 Å². The molecule has 0 aromatic rings. The van der Waals surface area contributed by atoms with Gasteiger partial charge in [0.05, 0.1) is 6.10 Å². The minimum Gasteiger partial charge on any atom is -0.377 e. The van der Waals surface area contributed by atoms with Crippen LogP contribution in [0.1, 0.15) is 39.5 Å². The molecule has 0 bridgehead atoms. The van der Waals surface area contributed by atoms with Crippen molar-refractivity contribution in [1.82, 2.24) is 4.90 Å². The van der Waals surface area contributed by atoms with E-state index in [1.54, 1.807) is 0 Å². The minimum absolute atomic E-state index is 0.0431. The van der Waals surface area contributed by atoms with Crippen molar-refractivity contribution >= 4 is 0 Å². The van der Waals surface area contributed by atoms with Crippen molar-refractivity contribution in [3.05, 3.63) is 0 Å². The van der Waals surface area contributed by atoms with Gasteiger partial charge in [0, 0.05) is 36.1 Å². The lowest BCUT2D eigenvalue weighted by Crippen LogP contribution is -2.78. The fourth-order valence-corrected chi connectivity index (χ4v) is 4.17. The van der Waals surface area contributed by atoms with Gasteiger partial charge in [-0.2, -0.15) is 0 Å². The van der Waals surface area contributed by atoms with Gasteiger partial charge in [-0.3, -0.25) is 0 Å². The van der Waals surface area contributed by atoms with E-state index in [9.17, 15) is 0 Å². The Hall–Kier alpha value is -0.120. The summed E-state index contributed by atoms with van der Waals surface area (Å²) in [5, 5.41) is 0. The quantitative estimate of drug-likeness (QED) is 0.812. The molecule has 1 heterocycles. The number of likely N-dealkylation sites (N-methyl/N-ethyl adjacent to an activating group) is 1. The molecule has 2 aliphatic carbocycles. The molecule has 3 atom stereocenters. The van der Waals surface area contributed by atoms with Gasteiger partial charge >= 0.3 is 0 Å². The Balaban J connectivity index is 1.71. The lowest BCUT2D eigenvalue weighted by atomic mass is 9.48.